The van der Waals surface area contributed by atoms with Crippen LogP contribution in [0.15, 0.2) is 0 Å². The van der Waals surface area contributed by atoms with Crippen molar-refractivity contribution in [2.75, 3.05) is 33.8 Å². The van der Waals surface area contributed by atoms with Gasteiger partial charge in [-0.15, -0.1) is 0 Å². The smallest absolute Gasteiger partial charge is 0.320 e. The molecule has 0 rings (SSSR count). The van der Waals surface area contributed by atoms with E-state index in [2.05, 4.69) is 26.0 Å². The van der Waals surface area contributed by atoms with Crippen molar-refractivity contribution in [1.82, 2.24) is 10.2 Å². The fourth-order valence-electron chi connectivity index (χ4n) is 0.828. The number of nitrogens with zero attached hydrogens (tertiary/aromatic N) is 1. The molecule has 1 atom stereocenters. The number of nitrogens with one attached hydrogen (secondary N) is 1. The summed E-state index contributed by atoms with van der Waals surface area (Å²) < 4.78 is 4.52. The molecule has 0 aromatic heterocycles. The number of esters is 1. The molecule has 1 unspecified atom stereocenters. The number of halogens is 1. The number of rotatable bonds is 6. The lowest BCUT2D eigenvalue weighted by atomic mass is 10.4. The normalized spacial score (nSPS) is 12.0. The second-order valence-electron chi connectivity index (χ2n) is 3.03. The van der Waals surface area contributed by atoms with Crippen molar-refractivity contribution in [3.05, 3.63) is 0 Å². The zero-order valence-corrected chi connectivity index (χ0v) is 10.8. The molecule has 0 aliphatic carbocycles. The molecule has 0 aliphatic heterocycles. The quantitative estimate of drug-likeness (QED) is 0.549. The molecule has 0 heterocycles. The van der Waals surface area contributed by atoms with Gasteiger partial charge in [-0.25, -0.2) is 0 Å². The molecule has 0 radical (unpaired) electrons. The molecule has 0 bridgehead atoms. The summed E-state index contributed by atoms with van der Waals surface area (Å²) in [4.78, 5) is 23.5. The van der Waals surface area contributed by atoms with Crippen molar-refractivity contribution >= 4 is 27.8 Å². The Labute approximate surface area is 98.3 Å². The molecule has 88 valence electrons. The van der Waals surface area contributed by atoms with Crippen molar-refractivity contribution in [3.63, 3.8) is 0 Å². The monoisotopic (exact) mass is 280 g/mol. The van der Waals surface area contributed by atoms with Crippen molar-refractivity contribution < 1.29 is 14.3 Å². The second-order valence-corrected chi connectivity index (χ2v) is 4.13. The maximum atomic E-state index is 11.3. The van der Waals surface area contributed by atoms with Crippen LogP contribution in [-0.2, 0) is 14.3 Å². The number of hydrogen-bond donors (Lipinski definition) is 1. The summed E-state index contributed by atoms with van der Waals surface area (Å²) in [6, 6.07) is 0. The van der Waals surface area contributed by atoms with Crippen LogP contribution in [0.2, 0.25) is 0 Å². The molecule has 0 aromatic carbocycles. The van der Waals surface area contributed by atoms with Crippen LogP contribution in [0.1, 0.15) is 6.92 Å². The number of ether oxygens (including phenoxy) is 1. The van der Waals surface area contributed by atoms with E-state index >= 15 is 0 Å². The van der Waals surface area contributed by atoms with Crippen LogP contribution in [0.25, 0.3) is 0 Å². The molecule has 0 saturated heterocycles. The number of methoxy groups -OCH3 is 1. The van der Waals surface area contributed by atoms with Gasteiger partial charge in [0.2, 0.25) is 5.91 Å². The van der Waals surface area contributed by atoms with Gasteiger partial charge in [0, 0.05) is 20.1 Å². The Morgan fingerprint density at radius 1 is 1.53 bits per heavy atom. The van der Waals surface area contributed by atoms with Crippen molar-refractivity contribution in [1.29, 1.82) is 0 Å². The fourth-order valence-corrected chi connectivity index (χ4v) is 1.24. The van der Waals surface area contributed by atoms with Crippen LogP contribution in [0.5, 0.6) is 0 Å². The molecule has 0 aliphatic rings. The van der Waals surface area contributed by atoms with Gasteiger partial charge in [0.25, 0.3) is 0 Å². The first kappa shape index (κ1) is 14.4. The first-order chi connectivity index (χ1) is 7.02. The predicted molar refractivity (Wildman–Crippen MR) is 60.9 cm³/mol. The van der Waals surface area contributed by atoms with E-state index in [4.69, 9.17) is 0 Å². The molecular formula is C9H17BrN2O3. The average Bonchev–Trinajstić information content (AvgIpc) is 2.26. The Kier molecular flexibility index (Phi) is 7.33. The number of hydrogen-bond acceptors (Lipinski definition) is 4. The molecule has 5 nitrogen and oxygen atoms in total. The van der Waals surface area contributed by atoms with E-state index in [0.29, 0.717) is 13.1 Å². The maximum Gasteiger partial charge on any atom is 0.320 e. The van der Waals surface area contributed by atoms with Gasteiger partial charge in [0.1, 0.15) is 4.83 Å². The molecule has 0 spiro atoms. The number of amides is 1. The third kappa shape index (κ3) is 5.74. The number of alkyl halides is 1. The Morgan fingerprint density at radius 3 is 2.60 bits per heavy atom. The van der Waals surface area contributed by atoms with Gasteiger partial charge in [0.15, 0.2) is 0 Å². The van der Waals surface area contributed by atoms with Gasteiger partial charge in [-0.2, -0.15) is 0 Å². The van der Waals surface area contributed by atoms with Crippen LogP contribution in [0.4, 0.5) is 0 Å². The number of carbonyl (C=O) groups is 2. The van der Waals surface area contributed by atoms with E-state index in [-0.39, 0.29) is 18.4 Å². The van der Waals surface area contributed by atoms with Gasteiger partial charge in [-0.1, -0.05) is 15.9 Å². The minimum Gasteiger partial charge on any atom is -0.468 e. The third-order valence-electron chi connectivity index (χ3n) is 1.96. The van der Waals surface area contributed by atoms with E-state index in [0.717, 1.165) is 0 Å². The average molecular weight is 281 g/mol. The standard InChI is InChI=1S/C9H17BrN2O3/c1-4-12(2)8(13)6-11-5-7(10)9(14)15-3/h7,11H,4-6H2,1-3H3. The van der Waals surface area contributed by atoms with Crippen LogP contribution in [0, 0.1) is 0 Å². The Bertz CT molecular complexity index is 223. The molecule has 1 amide bonds. The van der Waals surface area contributed by atoms with Crippen molar-refractivity contribution in [3.8, 4) is 0 Å². The van der Waals surface area contributed by atoms with E-state index in [9.17, 15) is 9.59 Å². The highest BCUT2D eigenvalue weighted by Crippen LogP contribution is 1.99. The molecule has 15 heavy (non-hydrogen) atoms. The first-order valence-electron chi connectivity index (χ1n) is 4.69. The highest BCUT2D eigenvalue weighted by molar-refractivity contribution is 9.10. The zero-order valence-electron chi connectivity index (χ0n) is 9.25. The summed E-state index contributed by atoms with van der Waals surface area (Å²) in [6.07, 6.45) is 0. The summed E-state index contributed by atoms with van der Waals surface area (Å²) in [5, 5.41) is 2.88. The molecular weight excluding hydrogens is 264 g/mol. The Morgan fingerprint density at radius 2 is 2.13 bits per heavy atom. The minimum absolute atomic E-state index is 0.00191. The molecule has 0 aromatic rings. The van der Waals surface area contributed by atoms with Crippen LogP contribution < -0.4 is 5.32 Å². The van der Waals surface area contributed by atoms with Crippen LogP contribution in [-0.4, -0.2) is 55.4 Å². The molecule has 0 fully saturated rings. The number of carbonyl (C=O) groups excluding carboxylic acids is 2. The van der Waals surface area contributed by atoms with Crippen LogP contribution >= 0.6 is 15.9 Å². The van der Waals surface area contributed by atoms with E-state index in [1.165, 1.54) is 7.11 Å². The lowest BCUT2D eigenvalue weighted by Crippen LogP contribution is -2.38. The fraction of sp³-hybridized carbons (Fsp3) is 0.778. The topological polar surface area (TPSA) is 58.6 Å². The summed E-state index contributed by atoms with van der Waals surface area (Å²) >= 11 is 3.15. The van der Waals surface area contributed by atoms with Gasteiger partial charge in [-0.05, 0) is 6.92 Å². The van der Waals surface area contributed by atoms with E-state index in [1.807, 2.05) is 6.92 Å². The SMILES string of the molecule is CCN(C)C(=O)CNCC(Br)C(=O)OC. The van der Waals surface area contributed by atoms with Crippen molar-refractivity contribution in [2.24, 2.45) is 0 Å². The molecule has 1 N–H and O–H groups in total. The van der Waals surface area contributed by atoms with Gasteiger partial charge < -0.3 is 15.0 Å². The van der Waals surface area contributed by atoms with Gasteiger partial charge in [0.05, 0.1) is 13.7 Å². The van der Waals surface area contributed by atoms with Crippen LogP contribution in [0.3, 0.4) is 0 Å². The predicted octanol–water partition coefficient (Wildman–Crippen LogP) is -0.00920. The summed E-state index contributed by atoms with van der Waals surface area (Å²) in [5.74, 6) is -0.346. The number of likely N-dealkylation sites (N-methyl/N-ethyl adjacent to an activating group) is 1. The lowest BCUT2D eigenvalue weighted by Gasteiger charge is -2.15. The first-order valence-corrected chi connectivity index (χ1v) is 5.61. The summed E-state index contributed by atoms with van der Waals surface area (Å²) in [6.45, 7) is 3.17. The van der Waals surface area contributed by atoms with Gasteiger partial charge in [-0.3, -0.25) is 9.59 Å². The van der Waals surface area contributed by atoms with E-state index in [1.54, 1.807) is 11.9 Å². The zero-order chi connectivity index (χ0) is 11.8. The summed E-state index contributed by atoms with van der Waals surface area (Å²) in [5.41, 5.74) is 0. The Balaban J connectivity index is 3.70. The lowest BCUT2D eigenvalue weighted by molar-refractivity contribution is -0.140. The van der Waals surface area contributed by atoms with E-state index < -0.39 is 4.83 Å². The molecule has 6 heteroatoms. The third-order valence-corrected chi connectivity index (χ3v) is 2.65. The summed E-state index contributed by atoms with van der Waals surface area (Å²) in [7, 11) is 3.06. The highest BCUT2D eigenvalue weighted by Gasteiger charge is 2.15. The van der Waals surface area contributed by atoms with Gasteiger partial charge >= 0.3 is 5.97 Å². The largest absolute Gasteiger partial charge is 0.468 e. The second kappa shape index (κ2) is 7.64. The Hall–Kier alpha value is -0.620. The van der Waals surface area contributed by atoms with Crippen molar-refractivity contribution in [2.45, 2.75) is 11.8 Å². The minimum atomic E-state index is -0.415. The molecule has 0 saturated carbocycles. The maximum absolute atomic E-state index is 11.3. The highest BCUT2D eigenvalue weighted by atomic mass is 79.9.